The Morgan fingerprint density at radius 3 is 2.43 bits per heavy atom. The van der Waals surface area contributed by atoms with Crippen LogP contribution < -0.4 is 5.32 Å². The van der Waals surface area contributed by atoms with E-state index in [9.17, 15) is 4.79 Å². The predicted molar refractivity (Wildman–Crippen MR) is 140 cm³/mol. The van der Waals surface area contributed by atoms with Crippen molar-refractivity contribution in [2.75, 3.05) is 11.9 Å². The van der Waals surface area contributed by atoms with Crippen LogP contribution in [0.1, 0.15) is 46.7 Å². The van der Waals surface area contributed by atoms with Crippen molar-refractivity contribution in [3.05, 3.63) is 89.6 Å². The lowest BCUT2D eigenvalue weighted by molar-refractivity contribution is -0.121. The van der Waals surface area contributed by atoms with Gasteiger partial charge >= 0.3 is 0 Å². The van der Waals surface area contributed by atoms with Crippen LogP contribution in [0.15, 0.2) is 88.9 Å². The zero-order chi connectivity index (χ0) is 24.9. The molecule has 0 bridgehead atoms. The van der Waals surface area contributed by atoms with Gasteiger partial charge in [0.05, 0.1) is 17.6 Å². The molecule has 0 radical (unpaired) electrons. The number of H-pyrrole nitrogens is 1. The molecule has 0 saturated carbocycles. The van der Waals surface area contributed by atoms with Crippen LogP contribution in [0.3, 0.4) is 0 Å². The van der Waals surface area contributed by atoms with Gasteiger partial charge in [-0.05, 0) is 76.1 Å². The van der Waals surface area contributed by atoms with Gasteiger partial charge in [-0.25, -0.2) is 9.98 Å². The van der Waals surface area contributed by atoms with Gasteiger partial charge < -0.3 is 9.88 Å². The van der Waals surface area contributed by atoms with E-state index < -0.39 is 0 Å². The normalized spacial score (nSPS) is 15.9. The quantitative estimate of drug-likeness (QED) is 0.489. The minimum absolute atomic E-state index is 0.0984. The first-order valence-corrected chi connectivity index (χ1v) is 11.8. The number of nitrogens with one attached hydrogen (secondary N) is 2. The average molecular weight is 470 g/mol. The van der Waals surface area contributed by atoms with E-state index in [1.165, 1.54) is 0 Å². The fourth-order valence-corrected chi connectivity index (χ4v) is 3.81. The molecular weight excluding hydrogens is 438 g/mol. The zero-order valence-electron chi connectivity index (χ0n) is 20.8. The number of hydrogen-bond donors (Lipinski definition) is 2. The number of allylic oxidation sites excluding steroid dienone is 2. The summed E-state index contributed by atoms with van der Waals surface area (Å²) >= 11 is 0. The maximum Gasteiger partial charge on any atom is 0.261 e. The van der Waals surface area contributed by atoms with Crippen LogP contribution in [0.2, 0.25) is 0 Å². The van der Waals surface area contributed by atoms with Crippen molar-refractivity contribution in [3.8, 4) is 5.69 Å². The van der Waals surface area contributed by atoms with Gasteiger partial charge in [-0.1, -0.05) is 12.5 Å². The third-order valence-corrected chi connectivity index (χ3v) is 5.99. The maximum absolute atomic E-state index is 13.4. The fourth-order valence-electron chi connectivity index (χ4n) is 3.81. The standard InChI is InChI=1S/C27H31N7O/c1-6-19(5)25(30-20-8-10-21(11-9-20)33-15-14-28-17-33)31-26-22(18(3)4)16-23(24-12-13-29-32-24)27(35)34(26)7-2/h8-17,30H,6-7H2,1-5H3,(H,29,32)/b25-19+,31-26+. The first-order valence-electron chi connectivity index (χ1n) is 11.8. The second kappa shape index (κ2) is 10.4. The van der Waals surface area contributed by atoms with Gasteiger partial charge in [-0.2, -0.15) is 5.10 Å². The molecule has 0 unspecified atom stereocenters. The highest BCUT2D eigenvalue weighted by atomic mass is 16.2. The second-order valence-corrected chi connectivity index (χ2v) is 8.55. The summed E-state index contributed by atoms with van der Waals surface area (Å²) < 4.78 is 1.95. The lowest BCUT2D eigenvalue weighted by Crippen LogP contribution is -2.41. The molecule has 0 fully saturated rings. The number of likely N-dealkylation sites (N-methyl/N-ethyl adjacent to an activating group) is 1. The SMILES string of the molecule is CC/C(C)=C(/N=C1\C(=C(C)C)C=C(c2ccn[nH]2)C(=O)N1CC)Nc1ccc(-n2ccnc2)cc1. The minimum Gasteiger partial charge on any atom is -0.340 e. The van der Waals surface area contributed by atoms with Gasteiger partial charge in [0.25, 0.3) is 5.91 Å². The number of aromatic amines is 1. The number of carbonyl (C=O) groups excluding carboxylic acids is 1. The molecule has 0 atom stereocenters. The monoisotopic (exact) mass is 469 g/mol. The van der Waals surface area contributed by atoms with Crippen LogP contribution in [0.4, 0.5) is 5.69 Å². The van der Waals surface area contributed by atoms with E-state index in [1.807, 2.05) is 67.9 Å². The van der Waals surface area contributed by atoms with Crippen molar-refractivity contribution in [2.45, 2.75) is 41.0 Å². The summed E-state index contributed by atoms with van der Waals surface area (Å²) in [5, 5.41) is 10.4. The number of carbonyl (C=O) groups is 1. The molecule has 3 heterocycles. The van der Waals surface area contributed by atoms with Gasteiger partial charge in [-0.3, -0.25) is 14.8 Å². The Bertz CT molecular complexity index is 1300. The van der Waals surface area contributed by atoms with Gasteiger partial charge in [0.2, 0.25) is 0 Å². The molecule has 1 aromatic carbocycles. The topological polar surface area (TPSA) is 91.2 Å². The summed E-state index contributed by atoms with van der Waals surface area (Å²) in [5.41, 5.74) is 6.31. The molecular formula is C27H31N7O. The van der Waals surface area contributed by atoms with E-state index in [2.05, 4.69) is 34.3 Å². The molecule has 3 aromatic rings. The van der Waals surface area contributed by atoms with E-state index >= 15 is 0 Å². The molecule has 180 valence electrons. The third-order valence-electron chi connectivity index (χ3n) is 5.99. The summed E-state index contributed by atoms with van der Waals surface area (Å²) in [6.07, 6.45) is 9.82. The van der Waals surface area contributed by atoms with Gasteiger partial charge in [0.1, 0.15) is 11.7 Å². The molecule has 8 heteroatoms. The summed E-state index contributed by atoms with van der Waals surface area (Å²) in [5.74, 6) is 1.28. The molecule has 2 N–H and O–H groups in total. The van der Waals surface area contributed by atoms with Gasteiger partial charge in [-0.15, -0.1) is 0 Å². The highest BCUT2D eigenvalue weighted by Crippen LogP contribution is 2.28. The van der Waals surface area contributed by atoms with Crippen molar-refractivity contribution in [3.63, 3.8) is 0 Å². The third kappa shape index (κ3) is 5.01. The number of rotatable bonds is 7. The fraction of sp³-hybridized carbons (Fsp3) is 0.259. The van der Waals surface area contributed by atoms with Gasteiger partial charge in [0, 0.05) is 42.1 Å². The van der Waals surface area contributed by atoms with Crippen LogP contribution in [0.5, 0.6) is 0 Å². The Labute approximate surface area is 205 Å². The Morgan fingerprint density at radius 1 is 1.09 bits per heavy atom. The summed E-state index contributed by atoms with van der Waals surface area (Å²) in [4.78, 5) is 24.3. The predicted octanol–water partition coefficient (Wildman–Crippen LogP) is 5.33. The average Bonchev–Trinajstić information content (AvgIpc) is 3.58. The lowest BCUT2D eigenvalue weighted by Gasteiger charge is -2.30. The smallest absolute Gasteiger partial charge is 0.261 e. The molecule has 35 heavy (non-hydrogen) atoms. The second-order valence-electron chi connectivity index (χ2n) is 8.55. The largest absolute Gasteiger partial charge is 0.340 e. The molecule has 0 aliphatic carbocycles. The number of imidazole rings is 1. The minimum atomic E-state index is -0.0984. The first-order chi connectivity index (χ1) is 16.9. The number of aromatic nitrogens is 4. The molecule has 1 aliphatic rings. The van der Waals surface area contributed by atoms with E-state index in [0.29, 0.717) is 23.6 Å². The van der Waals surface area contributed by atoms with Crippen LogP contribution >= 0.6 is 0 Å². The van der Waals surface area contributed by atoms with E-state index in [-0.39, 0.29) is 5.91 Å². The Morgan fingerprint density at radius 2 is 1.86 bits per heavy atom. The number of nitrogens with zero attached hydrogens (tertiary/aromatic N) is 5. The Kier molecular flexibility index (Phi) is 7.10. The maximum atomic E-state index is 13.4. The molecule has 0 saturated heterocycles. The Balaban J connectivity index is 1.74. The molecule has 1 amide bonds. The summed E-state index contributed by atoms with van der Waals surface area (Å²) in [6.45, 7) is 10.7. The Hall–Kier alpha value is -4.20. The van der Waals surface area contributed by atoms with Crippen molar-refractivity contribution >= 4 is 23.0 Å². The first kappa shape index (κ1) is 23.9. The van der Waals surface area contributed by atoms with Crippen molar-refractivity contribution in [2.24, 2.45) is 4.99 Å². The lowest BCUT2D eigenvalue weighted by atomic mass is 9.97. The molecule has 2 aromatic heterocycles. The van der Waals surface area contributed by atoms with Crippen LogP contribution in [-0.2, 0) is 4.79 Å². The number of benzene rings is 1. The van der Waals surface area contributed by atoms with Crippen LogP contribution in [-0.4, -0.2) is 42.9 Å². The zero-order valence-corrected chi connectivity index (χ0v) is 20.8. The van der Waals surface area contributed by atoms with Gasteiger partial charge in [0.15, 0.2) is 0 Å². The number of amides is 1. The number of aliphatic imine (C=N–C) groups is 1. The molecule has 1 aliphatic heterocycles. The highest BCUT2D eigenvalue weighted by molar-refractivity contribution is 6.31. The summed E-state index contributed by atoms with van der Waals surface area (Å²) in [6, 6.07) is 9.89. The van der Waals surface area contributed by atoms with Crippen LogP contribution in [0.25, 0.3) is 11.3 Å². The summed E-state index contributed by atoms with van der Waals surface area (Å²) in [7, 11) is 0. The van der Waals surface area contributed by atoms with Crippen LogP contribution in [0, 0.1) is 0 Å². The molecule has 4 rings (SSSR count). The number of hydrogen-bond acceptors (Lipinski definition) is 5. The number of anilines is 1. The van der Waals surface area contributed by atoms with Crippen molar-refractivity contribution in [1.82, 2.24) is 24.6 Å². The highest BCUT2D eigenvalue weighted by Gasteiger charge is 2.31. The number of amidine groups is 1. The molecule has 0 spiro atoms. The van der Waals surface area contributed by atoms with Crippen molar-refractivity contribution < 1.29 is 4.79 Å². The van der Waals surface area contributed by atoms with Crippen molar-refractivity contribution in [1.29, 1.82) is 0 Å². The van der Waals surface area contributed by atoms with E-state index in [1.54, 1.807) is 23.6 Å². The van der Waals surface area contributed by atoms with E-state index in [4.69, 9.17) is 4.99 Å². The van der Waals surface area contributed by atoms with E-state index in [0.717, 1.165) is 40.3 Å². The molecule has 8 nitrogen and oxygen atoms in total.